The van der Waals surface area contributed by atoms with E-state index >= 15 is 0 Å². The number of Topliss-reactive ketones (excluding diaryl/α,β-unsaturated/α-hetero) is 1. The van der Waals surface area contributed by atoms with Crippen LogP contribution in [-0.4, -0.2) is 27.2 Å². The number of aryl methyl sites for hydroxylation is 1. The first-order valence-electron chi connectivity index (χ1n) is 7.35. The van der Waals surface area contributed by atoms with E-state index in [0.29, 0.717) is 42.1 Å². The SMILES string of the molecule is CC1C2CC[C@@H]1C2C(=O)C1=Cc2c(nnn2C=O)CC1. The van der Waals surface area contributed by atoms with E-state index in [1.54, 1.807) is 0 Å². The maximum absolute atomic E-state index is 12.7. The number of allylic oxidation sites excluding steroid dienone is 1. The van der Waals surface area contributed by atoms with Gasteiger partial charge in [0.2, 0.25) is 6.41 Å². The van der Waals surface area contributed by atoms with Crippen molar-refractivity contribution in [1.29, 1.82) is 0 Å². The molecule has 1 aromatic heterocycles. The molecule has 1 aromatic rings. The van der Waals surface area contributed by atoms with Crippen molar-refractivity contribution in [2.75, 3.05) is 0 Å². The molecule has 3 saturated carbocycles. The lowest BCUT2D eigenvalue weighted by Gasteiger charge is -2.42. The van der Waals surface area contributed by atoms with Crippen LogP contribution in [0.5, 0.6) is 0 Å². The molecular formula is C15H17N3O2. The van der Waals surface area contributed by atoms with Gasteiger partial charge >= 0.3 is 0 Å². The van der Waals surface area contributed by atoms with Crippen LogP contribution in [0.15, 0.2) is 5.57 Å². The lowest BCUT2D eigenvalue weighted by Crippen LogP contribution is -2.43. The highest BCUT2D eigenvalue weighted by molar-refractivity contribution is 6.02. The Morgan fingerprint density at radius 3 is 2.75 bits per heavy atom. The highest BCUT2D eigenvalue weighted by atomic mass is 16.1. The average molecular weight is 271 g/mol. The van der Waals surface area contributed by atoms with Crippen molar-refractivity contribution in [3.8, 4) is 0 Å². The van der Waals surface area contributed by atoms with Crippen LogP contribution >= 0.6 is 0 Å². The molecule has 20 heavy (non-hydrogen) atoms. The monoisotopic (exact) mass is 271 g/mol. The minimum absolute atomic E-state index is 0.235. The predicted molar refractivity (Wildman–Crippen MR) is 72.3 cm³/mol. The number of fused-ring (bicyclic) bond motifs is 2. The van der Waals surface area contributed by atoms with Crippen molar-refractivity contribution < 1.29 is 9.59 Å². The molecule has 4 aliphatic carbocycles. The third kappa shape index (κ3) is 1.43. The third-order valence-corrected chi connectivity index (χ3v) is 5.57. The molecule has 5 rings (SSSR count). The molecule has 1 heterocycles. The van der Waals surface area contributed by atoms with Crippen LogP contribution in [0.2, 0.25) is 0 Å². The zero-order valence-corrected chi connectivity index (χ0v) is 11.5. The summed E-state index contributed by atoms with van der Waals surface area (Å²) in [7, 11) is 0. The van der Waals surface area contributed by atoms with Crippen LogP contribution in [0.1, 0.15) is 37.6 Å². The largest absolute Gasteiger partial charge is 0.294 e. The Morgan fingerprint density at radius 2 is 2.10 bits per heavy atom. The summed E-state index contributed by atoms with van der Waals surface area (Å²) in [6.45, 7) is 2.27. The first-order valence-corrected chi connectivity index (χ1v) is 7.35. The summed E-state index contributed by atoms with van der Waals surface area (Å²) in [6, 6.07) is 0. The molecule has 0 aromatic carbocycles. The topological polar surface area (TPSA) is 64.8 Å². The molecule has 5 heteroatoms. The van der Waals surface area contributed by atoms with E-state index in [4.69, 9.17) is 0 Å². The third-order valence-electron chi connectivity index (χ3n) is 5.57. The molecule has 0 radical (unpaired) electrons. The van der Waals surface area contributed by atoms with E-state index in [-0.39, 0.29) is 5.92 Å². The predicted octanol–water partition coefficient (Wildman–Crippen LogP) is 1.51. The van der Waals surface area contributed by atoms with Crippen LogP contribution in [0, 0.1) is 23.7 Å². The van der Waals surface area contributed by atoms with Crippen LogP contribution in [-0.2, 0) is 16.0 Å². The molecule has 2 bridgehead atoms. The lowest BCUT2D eigenvalue weighted by molar-refractivity contribution is -0.128. The van der Waals surface area contributed by atoms with E-state index < -0.39 is 0 Å². The molecule has 0 saturated heterocycles. The van der Waals surface area contributed by atoms with E-state index in [1.165, 1.54) is 17.5 Å². The number of ketones is 1. The number of aromatic nitrogens is 3. The summed E-state index contributed by atoms with van der Waals surface area (Å²) in [5, 5.41) is 7.77. The number of carbonyl (C=O) groups is 2. The van der Waals surface area contributed by atoms with Gasteiger partial charge in [0.05, 0.1) is 11.4 Å². The average Bonchev–Trinajstić information content (AvgIpc) is 3.17. The van der Waals surface area contributed by atoms with Crippen LogP contribution in [0.3, 0.4) is 0 Å². The lowest BCUT2D eigenvalue weighted by atomic mass is 9.61. The van der Waals surface area contributed by atoms with Crippen LogP contribution < -0.4 is 0 Å². The van der Waals surface area contributed by atoms with Crippen LogP contribution in [0.4, 0.5) is 0 Å². The van der Waals surface area contributed by atoms with Gasteiger partial charge in [-0.1, -0.05) is 12.1 Å². The van der Waals surface area contributed by atoms with Crippen molar-refractivity contribution in [3.63, 3.8) is 0 Å². The van der Waals surface area contributed by atoms with Gasteiger partial charge in [0, 0.05) is 5.92 Å². The van der Waals surface area contributed by atoms with Crippen molar-refractivity contribution in [2.24, 2.45) is 23.7 Å². The van der Waals surface area contributed by atoms with Gasteiger partial charge in [-0.05, 0) is 55.1 Å². The van der Waals surface area contributed by atoms with Gasteiger partial charge in [-0.15, -0.1) is 5.10 Å². The van der Waals surface area contributed by atoms with Gasteiger partial charge in [-0.2, -0.15) is 4.68 Å². The number of hydrogen-bond acceptors (Lipinski definition) is 4. The van der Waals surface area contributed by atoms with Crippen molar-refractivity contribution in [2.45, 2.75) is 32.6 Å². The Balaban J connectivity index is 1.64. The van der Waals surface area contributed by atoms with Gasteiger partial charge < -0.3 is 0 Å². The summed E-state index contributed by atoms with van der Waals surface area (Å²) >= 11 is 0. The van der Waals surface area contributed by atoms with Gasteiger partial charge in [-0.25, -0.2) is 0 Å². The first-order chi connectivity index (χ1) is 9.70. The second-order valence-electron chi connectivity index (χ2n) is 6.30. The van der Waals surface area contributed by atoms with E-state index in [0.717, 1.165) is 17.7 Å². The fourth-order valence-electron chi connectivity index (χ4n) is 4.44. The molecule has 4 aliphatic rings. The molecule has 3 fully saturated rings. The van der Waals surface area contributed by atoms with Gasteiger partial charge in [0.25, 0.3) is 0 Å². The molecule has 0 N–H and O–H groups in total. The summed E-state index contributed by atoms with van der Waals surface area (Å²) < 4.78 is 1.22. The minimum atomic E-state index is 0.235. The minimum Gasteiger partial charge on any atom is -0.294 e. The zero-order valence-electron chi connectivity index (χ0n) is 11.5. The van der Waals surface area contributed by atoms with Gasteiger partial charge in [-0.3, -0.25) is 9.59 Å². The van der Waals surface area contributed by atoms with E-state index in [9.17, 15) is 9.59 Å². The fraction of sp³-hybridized carbons (Fsp3) is 0.600. The highest BCUT2D eigenvalue weighted by Crippen LogP contribution is 2.58. The summed E-state index contributed by atoms with van der Waals surface area (Å²) in [5.41, 5.74) is 2.37. The summed E-state index contributed by atoms with van der Waals surface area (Å²) in [5.74, 6) is 2.43. The molecule has 104 valence electrons. The quantitative estimate of drug-likeness (QED) is 0.782. The number of rotatable bonds is 3. The summed E-state index contributed by atoms with van der Waals surface area (Å²) in [4.78, 5) is 23.6. The first kappa shape index (κ1) is 12.0. The van der Waals surface area contributed by atoms with Crippen LogP contribution in [0.25, 0.3) is 6.08 Å². The molecule has 0 spiro atoms. The summed E-state index contributed by atoms with van der Waals surface area (Å²) in [6.07, 6.45) is 6.32. The molecule has 4 atom stereocenters. The maximum Gasteiger partial charge on any atom is 0.236 e. The second-order valence-corrected chi connectivity index (χ2v) is 6.30. The van der Waals surface area contributed by atoms with Crippen molar-refractivity contribution in [3.05, 3.63) is 17.0 Å². The van der Waals surface area contributed by atoms with Gasteiger partial charge in [0.1, 0.15) is 0 Å². The van der Waals surface area contributed by atoms with E-state index in [2.05, 4.69) is 17.2 Å². The number of carbonyl (C=O) groups excluding carboxylic acids is 2. The van der Waals surface area contributed by atoms with Crippen molar-refractivity contribution >= 4 is 18.3 Å². The maximum atomic E-state index is 12.7. The standard InChI is InChI=1S/C15H17N3O2/c1-8-10-3-4-11(8)14(10)15(20)9-2-5-12-13(6-9)18(7-19)17-16-12/h6-8,10-11,14H,2-5H2,1H3/t8?,10-,11?,14?/m0/s1. The number of nitrogens with zero attached hydrogens (tertiary/aromatic N) is 3. The molecule has 5 nitrogen and oxygen atoms in total. The second kappa shape index (κ2) is 4.11. The Morgan fingerprint density at radius 1 is 1.35 bits per heavy atom. The van der Waals surface area contributed by atoms with E-state index in [1.807, 2.05) is 6.08 Å². The smallest absolute Gasteiger partial charge is 0.236 e. The molecule has 3 unspecified atom stereocenters. The zero-order chi connectivity index (χ0) is 13.9. The highest BCUT2D eigenvalue weighted by Gasteiger charge is 2.56. The Bertz CT molecular complexity index is 619. The normalized spacial score (nSPS) is 34.1. The molecule has 0 amide bonds. The Labute approximate surface area is 117 Å². The molecule has 0 aliphatic heterocycles. The number of hydrogen-bond donors (Lipinski definition) is 0. The Hall–Kier alpha value is -1.78. The Kier molecular flexibility index (Phi) is 2.46. The molecular weight excluding hydrogens is 254 g/mol. The fourth-order valence-corrected chi connectivity index (χ4v) is 4.44. The van der Waals surface area contributed by atoms with Crippen molar-refractivity contribution in [1.82, 2.24) is 15.0 Å². The van der Waals surface area contributed by atoms with Gasteiger partial charge in [0.15, 0.2) is 5.78 Å².